The number of carbonyl (C=O) groups is 2. The highest BCUT2D eigenvalue weighted by Crippen LogP contribution is 2.29. The third-order valence-electron chi connectivity index (χ3n) is 3.94. The zero-order valence-corrected chi connectivity index (χ0v) is 13.8. The van der Waals surface area contributed by atoms with Crippen molar-refractivity contribution < 1.29 is 14.3 Å². The second kappa shape index (κ2) is 6.74. The van der Waals surface area contributed by atoms with Gasteiger partial charge in [-0.3, -0.25) is 9.59 Å². The fourth-order valence-electron chi connectivity index (χ4n) is 2.65. The van der Waals surface area contributed by atoms with E-state index in [0.717, 1.165) is 5.56 Å². The van der Waals surface area contributed by atoms with Gasteiger partial charge in [0.25, 0.3) is 11.8 Å². The van der Waals surface area contributed by atoms with Crippen LogP contribution in [0.5, 0.6) is 5.75 Å². The number of nitrogens with zero attached hydrogens (tertiary/aromatic N) is 1. The summed E-state index contributed by atoms with van der Waals surface area (Å²) < 4.78 is 5.34. The lowest BCUT2D eigenvalue weighted by Gasteiger charge is -2.27. The molecule has 3 rings (SSSR count). The van der Waals surface area contributed by atoms with E-state index in [4.69, 9.17) is 4.74 Å². The molecule has 124 valence electrons. The molecule has 0 aliphatic carbocycles. The van der Waals surface area contributed by atoms with Gasteiger partial charge < -0.3 is 15.0 Å². The van der Waals surface area contributed by atoms with Crippen LogP contribution in [0.1, 0.15) is 29.8 Å². The third kappa shape index (κ3) is 3.40. The highest BCUT2D eigenvalue weighted by Gasteiger charge is 2.22. The quantitative estimate of drug-likeness (QED) is 0.940. The Kier molecular flexibility index (Phi) is 4.51. The molecule has 2 amide bonds. The normalized spacial score (nSPS) is 13.0. The van der Waals surface area contributed by atoms with E-state index < -0.39 is 0 Å². The van der Waals surface area contributed by atoms with Crippen molar-refractivity contribution in [2.75, 3.05) is 11.9 Å². The summed E-state index contributed by atoms with van der Waals surface area (Å²) in [6.45, 7) is 4.53. The topological polar surface area (TPSA) is 58.6 Å². The molecular formula is C19H20N2O3. The number of benzene rings is 2. The lowest BCUT2D eigenvalue weighted by atomic mass is 10.1. The molecule has 0 saturated heterocycles. The molecule has 5 nitrogen and oxygen atoms in total. The number of fused-ring (bicyclic) bond motifs is 1. The van der Waals surface area contributed by atoms with E-state index in [0.29, 0.717) is 23.5 Å². The number of rotatable bonds is 4. The maximum atomic E-state index is 12.9. The van der Waals surface area contributed by atoms with E-state index in [1.807, 2.05) is 49.1 Å². The zero-order valence-electron chi connectivity index (χ0n) is 13.8. The monoisotopic (exact) mass is 324 g/mol. The third-order valence-corrected chi connectivity index (χ3v) is 3.94. The van der Waals surface area contributed by atoms with Gasteiger partial charge in [0.2, 0.25) is 0 Å². The Morgan fingerprint density at radius 1 is 1.21 bits per heavy atom. The largest absolute Gasteiger partial charge is 0.482 e. The molecule has 1 heterocycles. The average Bonchev–Trinajstić information content (AvgIpc) is 2.59. The molecule has 1 N–H and O–H groups in total. The van der Waals surface area contributed by atoms with Crippen LogP contribution in [0, 0.1) is 0 Å². The molecule has 0 bridgehead atoms. The predicted molar refractivity (Wildman–Crippen MR) is 92.0 cm³/mol. The number of nitrogens with one attached hydrogen (secondary N) is 1. The second-order valence-corrected chi connectivity index (χ2v) is 6.06. The highest BCUT2D eigenvalue weighted by atomic mass is 16.5. The molecule has 2 aromatic rings. The Bertz CT molecular complexity index is 756. The van der Waals surface area contributed by atoms with Crippen LogP contribution in [0.3, 0.4) is 0 Å². The van der Waals surface area contributed by atoms with Crippen molar-refractivity contribution in [2.45, 2.75) is 26.4 Å². The van der Waals surface area contributed by atoms with Gasteiger partial charge in [0.05, 0.1) is 5.69 Å². The minimum absolute atomic E-state index is 0.00637. The van der Waals surface area contributed by atoms with Gasteiger partial charge >= 0.3 is 0 Å². The Labute approximate surface area is 141 Å². The zero-order chi connectivity index (χ0) is 17.1. The van der Waals surface area contributed by atoms with E-state index in [1.54, 1.807) is 18.2 Å². The van der Waals surface area contributed by atoms with Crippen LogP contribution in [0.15, 0.2) is 48.5 Å². The van der Waals surface area contributed by atoms with Gasteiger partial charge in [0.15, 0.2) is 6.61 Å². The van der Waals surface area contributed by atoms with E-state index in [-0.39, 0.29) is 24.5 Å². The number of amides is 2. The smallest absolute Gasteiger partial charge is 0.262 e. The molecule has 1 aliphatic heterocycles. The standard InChI is InChI=1S/C19H20N2O3/c1-13(2)21(11-14-6-4-3-5-7-14)19(23)15-8-9-17-16(10-15)20-18(22)12-24-17/h3-10,13H,11-12H2,1-2H3,(H,20,22). The van der Waals surface area contributed by atoms with Crippen LogP contribution in [0.25, 0.3) is 0 Å². The Hall–Kier alpha value is -2.82. The van der Waals surface area contributed by atoms with Gasteiger partial charge in [-0.2, -0.15) is 0 Å². The van der Waals surface area contributed by atoms with Crippen LogP contribution in [0.4, 0.5) is 5.69 Å². The molecule has 0 fully saturated rings. The van der Waals surface area contributed by atoms with Crippen molar-refractivity contribution in [3.63, 3.8) is 0 Å². The number of ether oxygens (including phenoxy) is 1. The van der Waals surface area contributed by atoms with Crippen LogP contribution in [0.2, 0.25) is 0 Å². The molecular weight excluding hydrogens is 304 g/mol. The molecule has 0 aromatic heterocycles. The van der Waals surface area contributed by atoms with Crippen molar-refractivity contribution in [1.29, 1.82) is 0 Å². The van der Waals surface area contributed by atoms with Gasteiger partial charge in [-0.15, -0.1) is 0 Å². The molecule has 0 spiro atoms. The summed E-state index contributed by atoms with van der Waals surface area (Å²) in [5.74, 6) is 0.305. The molecule has 2 aromatic carbocycles. The minimum Gasteiger partial charge on any atom is -0.482 e. The fraction of sp³-hybridized carbons (Fsp3) is 0.263. The molecule has 5 heteroatoms. The first kappa shape index (κ1) is 16.1. The minimum atomic E-state index is -0.211. The van der Waals surface area contributed by atoms with Crippen LogP contribution in [-0.4, -0.2) is 29.4 Å². The van der Waals surface area contributed by atoms with E-state index in [2.05, 4.69) is 5.32 Å². The van der Waals surface area contributed by atoms with Gasteiger partial charge in [-0.05, 0) is 37.6 Å². The van der Waals surface area contributed by atoms with E-state index in [1.165, 1.54) is 0 Å². The van der Waals surface area contributed by atoms with Crippen LogP contribution < -0.4 is 10.1 Å². The van der Waals surface area contributed by atoms with Crippen molar-refractivity contribution in [2.24, 2.45) is 0 Å². The van der Waals surface area contributed by atoms with Crippen LogP contribution in [-0.2, 0) is 11.3 Å². The maximum Gasteiger partial charge on any atom is 0.262 e. The average molecular weight is 324 g/mol. The highest BCUT2D eigenvalue weighted by molar-refractivity contribution is 5.99. The number of hydrogen-bond donors (Lipinski definition) is 1. The first-order chi connectivity index (χ1) is 11.5. The lowest BCUT2D eigenvalue weighted by molar-refractivity contribution is -0.118. The summed E-state index contributed by atoms with van der Waals surface area (Å²) in [6, 6.07) is 15.1. The summed E-state index contributed by atoms with van der Waals surface area (Å²) in [4.78, 5) is 26.2. The first-order valence-corrected chi connectivity index (χ1v) is 7.96. The van der Waals surface area contributed by atoms with E-state index >= 15 is 0 Å². The number of hydrogen-bond acceptors (Lipinski definition) is 3. The van der Waals surface area contributed by atoms with Crippen molar-refractivity contribution in [3.05, 3.63) is 59.7 Å². The van der Waals surface area contributed by atoms with Crippen molar-refractivity contribution in [1.82, 2.24) is 4.90 Å². The van der Waals surface area contributed by atoms with Crippen molar-refractivity contribution >= 4 is 17.5 Å². The van der Waals surface area contributed by atoms with Gasteiger partial charge in [-0.1, -0.05) is 30.3 Å². The predicted octanol–water partition coefficient (Wildman–Crippen LogP) is 3.07. The molecule has 0 atom stereocenters. The Morgan fingerprint density at radius 2 is 1.96 bits per heavy atom. The molecule has 24 heavy (non-hydrogen) atoms. The molecule has 0 unspecified atom stereocenters. The Balaban J connectivity index is 1.85. The lowest BCUT2D eigenvalue weighted by Crippen LogP contribution is -2.36. The number of anilines is 1. The van der Waals surface area contributed by atoms with Gasteiger partial charge in [-0.25, -0.2) is 0 Å². The van der Waals surface area contributed by atoms with Gasteiger partial charge in [0.1, 0.15) is 5.75 Å². The second-order valence-electron chi connectivity index (χ2n) is 6.06. The summed E-state index contributed by atoms with van der Waals surface area (Å²) in [7, 11) is 0. The molecule has 0 radical (unpaired) electrons. The summed E-state index contributed by atoms with van der Waals surface area (Å²) in [5, 5.41) is 2.74. The summed E-state index contributed by atoms with van der Waals surface area (Å²) >= 11 is 0. The molecule has 1 aliphatic rings. The SMILES string of the molecule is CC(C)N(Cc1ccccc1)C(=O)c1ccc2c(c1)NC(=O)CO2. The number of carbonyl (C=O) groups excluding carboxylic acids is 2. The fourth-order valence-corrected chi connectivity index (χ4v) is 2.65. The summed E-state index contributed by atoms with van der Waals surface area (Å²) in [6.07, 6.45) is 0. The van der Waals surface area contributed by atoms with Gasteiger partial charge in [0, 0.05) is 18.2 Å². The van der Waals surface area contributed by atoms with Crippen LogP contribution >= 0.6 is 0 Å². The first-order valence-electron chi connectivity index (χ1n) is 7.96. The molecule has 0 saturated carbocycles. The van der Waals surface area contributed by atoms with Crippen molar-refractivity contribution in [3.8, 4) is 5.75 Å². The summed E-state index contributed by atoms with van der Waals surface area (Å²) in [5.41, 5.74) is 2.15. The maximum absolute atomic E-state index is 12.9. The van der Waals surface area contributed by atoms with E-state index in [9.17, 15) is 9.59 Å². The Morgan fingerprint density at radius 3 is 2.67 bits per heavy atom.